The smallest absolute Gasteiger partial charge is 0.248 e. The van der Waals surface area contributed by atoms with E-state index in [0.717, 1.165) is 68.0 Å². The number of primary amides is 1. The first-order valence-electron chi connectivity index (χ1n) is 13.0. The molecule has 1 amide bonds. The topological polar surface area (TPSA) is 109 Å². The Morgan fingerprint density at radius 1 is 1.10 bits per heavy atom. The van der Waals surface area contributed by atoms with Crippen molar-refractivity contribution in [1.29, 1.82) is 0 Å². The van der Waals surface area contributed by atoms with Crippen molar-refractivity contribution in [3.63, 3.8) is 0 Å². The van der Waals surface area contributed by atoms with Crippen molar-refractivity contribution in [3.05, 3.63) is 78.0 Å². The van der Waals surface area contributed by atoms with Gasteiger partial charge in [0.1, 0.15) is 5.82 Å². The average molecular weight is 539 g/mol. The quantitative estimate of drug-likeness (QED) is 0.240. The van der Waals surface area contributed by atoms with E-state index in [2.05, 4.69) is 71.3 Å². The minimum atomic E-state index is -0.442. The van der Waals surface area contributed by atoms with Crippen LogP contribution in [0.3, 0.4) is 0 Å². The van der Waals surface area contributed by atoms with Crippen molar-refractivity contribution in [1.82, 2.24) is 15.0 Å². The third kappa shape index (κ3) is 5.10. The number of ether oxygens (including phenoxy) is 1. The number of rotatable bonds is 6. The third-order valence-corrected chi connectivity index (χ3v) is 8.09. The van der Waals surface area contributed by atoms with Crippen LogP contribution in [0.4, 0.5) is 16.5 Å². The fourth-order valence-corrected chi connectivity index (χ4v) is 6.09. The molecule has 8 nitrogen and oxygen atoms in total. The summed E-state index contributed by atoms with van der Waals surface area (Å²) in [4.78, 5) is 26.7. The molecule has 198 valence electrons. The molecule has 1 aliphatic heterocycles. The predicted molar refractivity (Wildman–Crippen MR) is 158 cm³/mol. The van der Waals surface area contributed by atoms with Gasteiger partial charge < -0.3 is 25.7 Å². The lowest BCUT2D eigenvalue weighted by molar-refractivity contribution is -0.00522. The number of aromatic amines is 1. The predicted octanol–water partition coefficient (Wildman–Crippen LogP) is 6.12. The summed E-state index contributed by atoms with van der Waals surface area (Å²) in [5, 5.41) is 4.64. The van der Waals surface area contributed by atoms with Gasteiger partial charge in [-0.2, -0.15) is 0 Å². The molecule has 0 radical (unpaired) electrons. The van der Waals surface area contributed by atoms with Crippen LogP contribution in [0.5, 0.6) is 0 Å². The Balaban J connectivity index is 1.27. The van der Waals surface area contributed by atoms with Crippen molar-refractivity contribution in [2.45, 2.75) is 33.0 Å². The number of hydrogen-bond donors (Lipinski definition) is 3. The van der Waals surface area contributed by atoms with Crippen molar-refractivity contribution in [2.24, 2.45) is 5.73 Å². The van der Waals surface area contributed by atoms with Crippen LogP contribution in [0.25, 0.3) is 32.9 Å². The monoisotopic (exact) mass is 538 g/mol. The van der Waals surface area contributed by atoms with Crippen molar-refractivity contribution in [2.75, 3.05) is 23.3 Å². The summed E-state index contributed by atoms with van der Waals surface area (Å²) in [7, 11) is 0. The fraction of sp³-hybridized carbons (Fsp3) is 0.233. The molecular weight excluding hydrogens is 508 g/mol. The minimum Gasteiger partial charge on any atom is -0.372 e. The lowest BCUT2D eigenvalue weighted by Crippen LogP contribution is -2.45. The van der Waals surface area contributed by atoms with E-state index in [1.165, 1.54) is 0 Å². The summed E-state index contributed by atoms with van der Waals surface area (Å²) in [6.45, 7) is 7.98. The maximum Gasteiger partial charge on any atom is 0.248 e. The number of thiazole rings is 1. The van der Waals surface area contributed by atoms with Gasteiger partial charge in [0, 0.05) is 29.9 Å². The number of hydrogen-bond acceptors (Lipinski definition) is 7. The van der Waals surface area contributed by atoms with E-state index in [0.29, 0.717) is 5.56 Å². The zero-order valence-corrected chi connectivity index (χ0v) is 22.9. The van der Waals surface area contributed by atoms with Crippen LogP contribution in [0.2, 0.25) is 0 Å². The summed E-state index contributed by atoms with van der Waals surface area (Å²) in [6.07, 6.45) is 2.17. The van der Waals surface area contributed by atoms with E-state index in [1.54, 1.807) is 29.7 Å². The van der Waals surface area contributed by atoms with Gasteiger partial charge in [-0.25, -0.2) is 9.97 Å². The third-order valence-electron chi connectivity index (χ3n) is 6.92. The number of morpholine rings is 1. The molecule has 1 fully saturated rings. The number of imidazole rings is 1. The number of anilines is 3. The number of amides is 1. The second-order valence-electron chi connectivity index (χ2n) is 10.1. The van der Waals surface area contributed by atoms with E-state index >= 15 is 0 Å². The maximum absolute atomic E-state index is 11.4. The molecule has 6 rings (SSSR count). The van der Waals surface area contributed by atoms with Crippen molar-refractivity contribution >= 4 is 44.0 Å². The van der Waals surface area contributed by atoms with Gasteiger partial charge in [-0.1, -0.05) is 35.6 Å². The number of benzene rings is 3. The Hall–Kier alpha value is -4.21. The molecular formula is C30H30N6O2S. The summed E-state index contributed by atoms with van der Waals surface area (Å²) in [6, 6.07) is 19.7. The van der Waals surface area contributed by atoms with Gasteiger partial charge in [-0.3, -0.25) is 4.79 Å². The molecule has 1 saturated heterocycles. The minimum absolute atomic E-state index is 0.181. The van der Waals surface area contributed by atoms with E-state index in [9.17, 15) is 4.79 Å². The molecule has 0 aliphatic carbocycles. The second-order valence-corrected chi connectivity index (χ2v) is 11.0. The zero-order valence-electron chi connectivity index (χ0n) is 22.1. The van der Waals surface area contributed by atoms with Crippen LogP contribution in [0.1, 0.15) is 29.8 Å². The first-order chi connectivity index (χ1) is 18.8. The largest absolute Gasteiger partial charge is 0.372 e. The molecule has 0 bridgehead atoms. The summed E-state index contributed by atoms with van der Waals surface area (Å²) < 4.78 is 7.04. The van der Waals surface area contributed by atoms with Crippen LogP contribution in [-0.2, 0) is 4.74 Å². The standard InChI is InChI=1S/C30H30N6O2S/c1-17-7-12-22(13-23(17)29-32-14-26(34-29)20-8-10-21(11-9-20)28(31)37)33-24-5-4-6-25-27(24)39-30(35-25)36-15-18(2)38-19(3)16-36/h4-14,18-19,33H,15-16H2,1-3H3,(H2,31,37)(H,32,34)/t18-,19+. The highest BCUT2D eigenvalue weighted by molar-refractivity contribution is 7.22. The van der Waals surface area contributed by atoms with E-state index < -0.39 is 5.91 Å². The normalized spacial score (nSPS) is 17.5. The lowest BCUT2D eigenvalue weighted by Gasteiger charge is -2.35. The highest BCUT2D eigenvalue weighted by Gasteiger charge is 2.25. The van der Waals surface area contributed by atoms with Crippen molar-refractivity contribution < 1.29 is 9.53 Å². The maximum atomic E-state index is 11.4. The summed E-state index contributed by atoms with van der Waals surface area (Å²) in [5.41, 5.74) is 12.7. The number of carbonyl (C=O) groups is 1. The number of fused-ring (bicyclic) bond motifs is 1. The van der Waals surface area contributed by atoms with E-state index in [-0.39, 0.29) is 12.2 Å². The zero-order chi connectivity index (χ0) is 27.1. The SMILES string of the molecule is Cc1ccc(Nc2cccc3nc(N4C[C@@H](C)O[C@@H](C)C4)sc23)cc1-c1ncc(-c2ccc(C(N)=O)cc2)[nH]1. The van der Waals surface area contributed by atoms with Crippen LogP contribution in [0, 0.1) is 6.92 Å². The number of carbonyl (C=O) groups excluding carboxylic acids is 1. The average Bonchev–Trinajstić information content (AvgIpc) is 3.58. The Morgan fingerprint density at radius 2 is 1.87 bits per heavy atom. The van der Waals surface area contributed by atoms with Crippen molar-refractivity contribution in [3.8, 4) is 22.6 Å². The van der Waals surface area contributed by atoms with Crippen LogP contribution in [-0.4, -0.2) is 46.2 Å². The van der Waals surface area contributed by atoms with Gasteiger partial charge in [0.25, 0.3) is 0 Å². The highest BCUT2D eigenvalue weighted by atomic mass is 32.1. The van der Waals surface area contributed by atoms with Gasteiger partial charge in [0.05, 0.1) is 40.0 Å². The van der Waals surface area contributed by atoms with E-state index in [1.807, 2.05) is 18.2 Å². The van der Waals surface area contributed by atoms with Crippen LogP contribution < -0.4 is 16.0 Å². The van der Waals surface area contributed by atoms with Crippen LogP contribution >= 0.6 is 11.3 Å². The molecule has 39 heavy (non-hydrogen) atoms. The number of H-pyrrole nitrogens is 1. The summed E-state index contributed by atoms with van der Waals surface area (Å²) >= 11 is 1.71. The Bertz CT molecular complexity index is 1650. The highest BCUT2D eigenvalue weighted by Crippen LogP contribution is 2.37. The molecule has 4 N–H and O–H groups in total. The molecule has 2 aromatic heterocycles. The molecule has 0 unspecified atom stereocenters. The molecule has 0 spiro atoms. The number of nitrogens with zero attached hydrogens (tertiary/aromatic N) is 3. The van der Waals surface area contributed by atoms with Gasteiger partial charge >= 0.3 is 0 Å². The summed E-state index contributed by atoms with van der Waals surface area (Å²) in [5.74, 6) is 0.335. The second kappa shape index (κ2) is 10.2. The Kier molecular flexibility index (Phi) is 6.54. The Labute approximate surface area is 230 Å². The lowest BCUT2D eigenvalue weighted by atomic mass is 10.1. The van der Waals surface area contributed by atoms with Gasteiger partial charge in [-0.15, -0.1) is 0 Å². The van der Waals surface area contributed by atoms with Gasteiger partial charge in [-0.05, 0) is 68.3 Å². The molecule has 5 aromatic rings. The molecule has 2 atom stereocenters. The number of aromatic nitrogens is 3. The van der Waals surface area contributed by atoms with Gasteiger partial charge in [0.15, 0.2) is 5.13 Å². The molecule has 3 aromatic carbocycles. The number of aryl methyl sites for hydroxylation is 1. The van der Waals surface area contributed by atoms with E-state index in [4.69, 9.17) is 15.5 Å². The van der Waals surface area contributed by atoms with Crippen LogP contribution in [0.15, 0.2) is 66.9 Å². The molecule has 0 saturated carbocycles. The first kappa shape index (κ1) is 25.1. The van der Waals surface area contributed by atoms with Gasteiger partial charge in [0.2, 0.25) is 5.91 Å². The molecule has 1 aliphatic rings. The first-order valence-corrected chi connectivity index (χ1v) is 13.8. The Morgan fingerprint density at radius 3 is 2.62 bits per heavy atom. The molecule has 9 heteroatoms. The number of nitrogens with one attached hydrogen (secondary N) is 2. The fourth-order valence-electron chi connectivity index (χ4n) is 5.03. The molecule has 3 heterocycles. The number of nitrogens with two attached hydrogens (primary N) is 1.